The van der Waals surface area contributed by atoms with Crippen LogP contribution in [0.3, 0.4) is 0 Å². The Morgan fingerprint density at radius 2 is 2.00 bits per heavy atom. The lowest BCUT2D eigenvalue weighted by atomic mass is 10.0. The zero-order valence-electron chi connectivity index (χ0n) is 11.9. The largest absolute Gasteiger partial charge is 0.365 e. The van der Waals surface area contributed by atoms with Crippen molar-refractivity contribution in [2.75, 3.05) is 24.5 Å². The Bertz CT molecular complexity index is 526. The van der Waals surface area contributed by atoms with Gasteiger partial charge < -0.3 is 10.2 Å². The number of piperidine rings is 1. The monoisotopic (exact) mass is 309 g/mol. The molecular formula is C15H20ClN3O2. The molecule has 6 heteroatoms. The maximum Gasteiger partial charge on any atom is 0.294 e. The second-order valence-corrected chi connectivity index (χ2v) is 6.38. The Morgan fingerprint density at radius 3 is 2.62 bits per heavy atom. The van der Waals surface area contributed by atoms with E-state index < -0.39 is 0 Å². The summed E-state index contributed by atoms with van der Waals surface area (Å²) in [4.78, 5) is 12.9. The summed E-state index contributed by atoms with van der Waals surface area (Å²) in [5, 5.41) is 15.3. The normalized spacial score (nSPS) is 19.8. The zero-order valence-corrected chi connectivity index (χ0v) is 12.7. The van der Waals surface area contributed by atoms with Crippen molar-refractivity contribution in [2.24, 2.45) is 5.92 Å². The van der Waals surface area contributed by atoms with Gasteiger partial charge in [-0.3, -0.25) is 10.1 Å². The van der Waals surface area contributed by atoms with Crippen LogP contribution in [0.4, 0.5) is 11.4 Å². The molecule has 1 aromatic carbocycles. The van der Waals surface area contributed by atoms with E-state index in [4.69, 9.17) is 11.6 Å². The van der Waals surface area contributed by atoms with Crippen LogP contribution in [0.15, 0.2) is 18.2 Å². The van der Waals surface area contributed by atoms with Gasteiger partial charge in [0.25, 0.3) is 5.69 Å². The quantitative estimate of drug-likeness (QED) is 0.670. The molecule has 1 heterocycles. The van der Waals surface area contributed by atoms with Crippen molar-refractivity contribution >= 4 is 23.0 Å². The molecule has 2 aliphatic rings. The highest BCUT2D eigenvalue weighted by molar-refractivity contribution is 6.33. The van der Waals surface area contributed by atoms with Crippen LogP contribution in [0, 0.1) is 16.0 Å². The molecule has 1 aliphatic heterocycles. The first-order valence-electron chi connectivity index (χ1n) is 7.56. The molecule has 0 aromatic heterocycles. The van der Waals surface area contributed by atoms with Crippen molar-refractivity contribution in [2.45, 2.75) is 31.7 Å². The summed E-state index contributed by atoms with van der Waals surface area (Å²) in [6, 6.07) is 5.41. The third-order valence-electron chi connectivity index (χ3n) is 4.37. The number of benzene rings is 1. The molecule has 0 radical (unpaired) electrons. The highest BCUT2D eigenvalue weighted by Crippen LogP contribution is 2.37. The van der Waals surface area contributed by atoms with E-state index >= 15 is 0 Å². The van der Waals surface area contributed by atoms with E-state index in [0.29, 0.717) is 16.8 Å². The van der Waals surface area contributed by atoms with E-state index in [0.717, 1.165) is 38.4 Å². The third-order valence-corrected chi connectivity index (χ3v) is 4.67. The van der Waals surface area contributed by atoms with Gasteiger partial charge in [-0.1, -0.05) is 17.7 Å². The number of nitrogens with zero attached hydrogens (tertiary/aromatic N) is 2. The van der Waals surface area contributed by atoms with Crippen molar-refractivity contribution in [3.8, 4) is 0 Å². The molecule has 1 saturated heterocycles. The van der Waals surface area contributed by atoms with Gasteiger partial charge in [0, 0.05) is 25.2 Å². The molecule has 1 aromatic rings. The maximum atomic E-state index is 11.2. The fourth-order valence-corrected chi connectivity index (χ4v) is 3.22. The summed E-state index contributed by atoms with van der Waals surface area (Å²) in [6.07, 6.45) is 4.74. The Kier molecular flexibility index (Phi) is 4.31. The van der Waals surface area contributed by atoms with E-state index in [1.165, 1.54) is 18.9 Å². The average molecular weight is 310 g/mol. The lowest BCUT2D eigenvalue weighted by Crippen LogP contribution is -2.43. The minimum Gasteiger partial charge on any atom is -0.365 e. The lowest BCUT2D eigenvalue weighted by molar-refractivity contribution is -0.384. The predicted molar refractivity (Wildman–Crippen MR) is 84.1 cm³/mol. The Morgan fingerprint density at radius 1 is 1.29 bits per heavy atom. The molecule has 0 amide bonds. The van der Waals surface area contributed by atoms with Crippen LogP contribution in [0.5, 0.6) is 0 Å². The van der Waals surface area contributed by atoms with Gasteiger partial charge in [-0.15, -0.1) is 0 Å². The SMILES string of the molecule is O=[N+]([O-])c1cccc(Cl)c1N1CCC(NCC2CC2)CC1. The minimum atomic E-state index is -0.349. The molecule has 2 fully saturated rings. The van der Waals surface area contributed by atoms with Gasteiger partial charge in [0.2, 0.25) is 0 Å². The standard InChI is InChI=1S/C15H20ClN3O2/c16-13-2-1-3-14(19(20)21)15(13)18-8-6-12(7-9-18)17-10-11-4-5-11/h1-3,11-12,17H,4-10H2. The number of nitrogens with one attached hydrogen (secondary N) is 1. The number of para-hydroxylation sites is 1. The number of nitro benzene ring substituents is 1. The molecule has 0 atom stereocenters. The molecular weight excluding hydrogens is 290 g/mol. The lowest BCUT2D eigenvalue weighted by Gasteiger charge is -2.34. The first-order chi connectivity index (χ1) is 10.1. The molecule has 114 valence electrons. The molecule has 3 rings (SSSR count). The molecule has 1 aliphatic carbocycles. The second-order valence-electron chi connectivity index (χ2n) is 5.98. The number of hydrogen-bond acceptors (Lipinski definition) is 4. The summed E-state index contributed by atoms with van der Waals surface area (Å²) in [5.74, 6) is 0.882. The third kappa shape index (κ3) is 3.47. The Hall–Kier alpha value is -1.33. The van der Waals surface area contributed by atoms with Crippen LogP contribution in [0.2, 0.25) is 5.02 Å². The topological polar surface area (TPSA) is 58.4 Å². The molecule has 5 nitrogen and oxygen atoms in total. The minimum absolute atomic E-state index is 0.104. The Balaban J connectivity index is 1.64. The van der Waals surface area contributed by atoms with E-state index in [1.54, 1.807) is 12.1 Å². The van der Waals surface area contributed by atoms with Crippen molar-refractivity contribution < 1.29 is 4.92 Å². The van der Waals surface area contributed by atoms with Crippen LogP contribution in [-0.2, 0) is 0 Å². The first-order valence-corrected chi connectivity index (χ1v) is 7.94. The number of hydrogen-bond donors (Lipinski definition) is 1. The van der Waals surface area contributed by atoms with Crippen molar-refractivity contribution in [1.29, 1.82) is 0 Å². The van der Waals surface area contributed by atoms with Crippen LogP contribution in [0.25, 0.3) is 0 Å². The number of anilines is 1. The van der Waals surface area contributed by atoms with Crippen LogP contribution >= 0.6 is 11.6 Å². The van der Waals surface area contributed by atoms with Crippen LogP contribution < -0.4 is 10.2 Å². The number of nitro groups is 1. The summed E-state index contributed by atoms with van der Waals surface area (Å²) >= 11 is 6.19. The maximum absolute atomic E-state index is 11.2. The fourth-order valence-electron chi connectivity index (χ4n) is 2.93. The van der Waals surface area contributed by atoms with E-state index in [-0.39, 0.29) is 10.6 Å². The van der Waals surface area contributed by atoms with Gasteiger partial charge in [-0.05, 0) is 44.2 Å². The summed E-state index contributed by atoms with van der Waals surface area (Å²) < 4.78 is 0. The first kappa shape index (κ1) is 14.6. The smallest absolute Gasteiger partial charge is 0.294 e. The van der Waals surface area contributed by atoms with E-state index in [2.05, 4.69) is 10.2 Å². The van der Waals surface area contributed by atoms with Crippen molar-refractivity contribution in [3.05, 3.63) is 33.3 Å². The molecule has 1 saturated carbocycles. The van der Waals surface area contributed by atoms with Gasteiger partial charge in [-0.25, -0.2) is 0 Å². The Labute approximate surface area is 129 Å². The van der Waals surface area contributed by atoms with Gasteiger partial charge in [0.05, 0.1) is 9.95 Å². The average Bonchev–Trinajstić information content (AvgIpc) is 3.30. The van der Waals surface area contributed by atoms with Gasteiger partial charge in [0.1, 0.15) is 5.69 Å². The highest BCUT2D eigenvalue weighted by atomic mass is 35.5. The van der Waals surface area contributed by atoms with E-state index in [9.17, 15) is 10.1 Å². The summed E-state index contributed by atoms with van der Waals surface area (Å²) in [6.45, 7) is 2.75. The highest BCUT2D eigenvalue weighted by Gasteiger charge is 2.28. The number of halogens is 1. The van der Waals surface area contributed by atoms with Crippen molar-refractivity contribution in [1.82, 2.24) is 5.32 Å². The van der Waals surface area contributed by atoms with Crippen LogP contribution in [-0.4, -0.2) is 30.6 Å². The molecule has 0 spiro atoms. The van der Waals surface area contributed by atoms with Crippen molar-refractivity contribution in [3.63, 3.8) is 0 Å². The van der Waals surface area contributed by atoms with Gasteiger partial charge in [0.15, 0.2) is 0 Å². The van der Waals surface area contributed by atoms with Gasteiger partial charge in [-0.2, -0.15) is 0 Å². The molecule has 0 unspecified atom stereocenters. The fraction of sp³-hybridized carbons (Fsp3) is 0.600. The molecule has 21 heavy (non-hydrogen) atoms. The predicted octanol–water partition coefficient (Wildman–Crippen LogP) is 3.22. The zero-order chi connectivity index (χ0) is 14.8. The number of rotatable bonds is 5. The summed E-state index contributed by atoms with van der Waals surface area (Å²) in [7, 11) is 0. The molecule has 0 bridgehead atoms. The van der Waals surface area contributed by atoms with Crippen LogP contribution in [0.1, 0.15) is 25.7 Å². The van der Waals surface area contributed by atoms with Gasteiger partial charge >= 0.3 is 0 Å². The summed E-state index contributed by atoms with van der Waals surface area (Å²) in [5.41, 5.74) is 0.677. The second kappa shape index (κ2) is 6.20. The van der Waals surface area contributed by atoms with E-state index in [1.807, 2.05) is 0 Å². The molecule has 1 N–H and O–H groups in total.